The number of thiophene rings is 1. The van der Waals surface area contributed by atoms with Crippen LogP contribution in [0.15, 0.2) is 0 Å². The summed E-state index contributed by atoms with van der Waals surface area (Å²) in [6, 6.07) is 0. The minimum Gasteiger partial charge on any atom is -0.492 e. The third-order valence-corrected chi connectivity index (χ3v) is 4.91. The van der Waals surface area contributed by atoms with Crippen LogP contribution in [0.1, 0.15) is 35.4 Å². The van der Waals surface area contributed by atoms with Crippen LogP contribution >= 0.6 is 11.3 Å². The molecule has 0 spiro atoms. The van der Waals surface area contributed by atoms with E-state index in [-0.39, 0.29) is 11.7 Å². The maximum atomic E-state index is 12.2. The molecule has 2 aliphatic rings. The summed E-state index contributed by atoms with van der Waals surface area (Å²) in [5, 5.41) is 1.04. The number of ketones is 1. The Bertz CT molecular complexity index is 474. The molecule has 0 bridgehead atoms. The number of Topliss-reactive ketones (excluding diaryl/α,β-unsaturated/α-hetero) is 1. The van der Waals surface area contributed by atoms with E-state index in [0.29, 0.717) is 16.3 Å². The number of nitrogens with zero attached hydrogens (tertiary/aromatic N) is 1. The van der Waals surface area contributed by atoms with Crippen LogP contribution in [0.5, 0.6) is 5.75 Å². The average Bonchev–Trinajstić information content (AvgIpc) is 2.97. The summed E-state index contributed by atoms with van der Waals surface area (Å²) in [5.41, 5.74) is 6.63. The lowest BCUT2D eigenvalue weighted by molar-refractivity contribution is 0.0972. The topological polar surface area (TPSA) is 55.6 Å². The van der Waals surface area contributed by atoms with E-state index in [0.717, 1.165) is 30.9 Å². The van der Waals surface area contributed by atoms with Gasteiger partial charge < -0.3 is 15.4 Å². The summed E-state index contributed by atoms with van der Waals surface area (Å²) in [4.78, 5) is 15.2. The number of nitrogens with two attached hydrogens (primary N) is 1. The summed E-state index contributed by atoms with van der Waals surface area (Å²) in [6.45, 7) is 2.07. The summed E-state index contributed by atoms with van der Waals surface area (Å²) in [7, 11) is 1.63. The molecule has 1 aliphatic heterocycles. The zero-order chi connectivity index (χ0) is 12.7. The Kier molecular flexibility index (Phi) is 2.93. The number of rotatable bonds is 4. The van der Waals surface area contributed by atoms with E-state index in [2.05, 4.69) is 4.90 Å². The largest absolute Gasteiger partial charge is 0.492 e. The molecule has 1 aromatic heterocycles. The summed E-state index contributed by atoms with van der Waals surface area (Å²) in [5.74, 6) is 1.12. The first-order chi connectivity index (χ1) is 8.72. The molecule has 0 atom stereocenters. The molecule has 0 unspecified atom stereocenters. The van der Waals surface area contributed by atoms with Gasteiger partial charge >= 0.3 is 0 Å². The monoisotopic (exact) mass is 266 g/mol. The fraction of sp³-hybridized carbons (Fsp3) is 0.615. The molecule has 0 radical (unpaired) electrons. The smallest absolute Gasteiger partial charge is 0.178 e. The molecule has 18 heavy (non-hydrogen) atoms. The SMILES string of the molecule is COc1c(N2CCCC2)sc(C(=O)C2CC2)c1N. The lowest BCUT2D eigenvalue weighted by atomic mass is 10.2. The summed E-state index contributed by atoms with van der Waals surface area (Å²) >= 11 is 1.51. The minimum absolute atomic E-state index is 0.209. The van der Waals surface area contributed by atoms with Gasteiger partial charge in [0.1, 0.15) is 5.00 Å². The van der Waals surface area contributed by atoms with Crippen LogP contribution in [0, 0.1) is 5.92 Å². The number of anilines is 2. The number of carbonyl (C=O) groups is 1. The Balaban J connectivity index is 1.97. The second-order valence-corrected chi connectivity index (χ2v) is 6.02. The van der Waals surface area contributed by atoms with Crippen LogP contribution in [0.2, 0.25) is 0 Å². The van der Waals surface area contributed by atoms with Gasteiger partial charge in [0.25, 0.3) is 0 Å². The third-order valence-electron chi connectivity index (χ3n) is 3.65. The van der Waals surface area contributed by atoms with Gasteiger partial charge in [0, 0.05) is 19.0 Å². The van der Waals surface area contributed by atoms with Crippen LogP contribution in [-0.4, -0.2) is 26.0 Å². The molecule has 0 amide bonds. The predicted octanol–water partition coefficient (Wildman–Crippen LogP) is 2.53. The molecule has 3 rings (SSSR count). The highest BCUT2D eigenvalue weighted by Gasteiger charge is 2.35. The van der Waals surface area contributed by atoms with Gasteiger partial charge in [-0.1, -0.05) is 0 Å². The standard InChI is InChI=1S/C13H18N2O2S/c1-17-11-9(14)12(10(16)8-4-5-8)18-13(11)15-6-2-3-7-15/h8H,2-7,14H2,1H3. The molecule has 2 N–H and O–H groups in total. The first kappa shape index (κ1) is 11.8. The summed E-state index contributed by atoms with van der Waals surface area (Å²) < 4.78 is 5.41. The fourth-order valence-corrected chi connectivity index (χ4v) is 3.72. The molecular weight excluding hydrogens is 248 g/mol. The molecule has 1 aliphatic carbocycles. The highest BCUT2D eigenvalue weighted by molar-refractivity contribution is 7.19. The van der Waals surface area contributed by atoms with E-state index in [1.54, 1.807) is 7.11 Å². The van der Waals surface area contributed by atoms with Gasteiger partial charge in [-0.25, -0.2) is 0 Å². The molecule has 2 heterocycles. The van der Waals surface area contributed by atoms with Crippen molar-refractivity contribution in [2.45, 2.75) is 25.7 Å². The van der Waals surface area contributed by atoms with Crippen LogP contribution in [-0.2, 0) is 0 Å². The van der Waals surface area contributed by atoms with Crippen molar-refractivity contribution < 1.29 is 9.53 Å². The Morgan fingerprint density at radius 2 is 2.06 bits per heavy atom. The quantitative estimate of drug-likeness (QED) is 0.851. The van der Waals surface area contributed by atoms with Crippen molar-refractivity contribution in [1.29, 1.82) is 0 Å². The van der Waals surface area contributed by atoms with Gasteiger partial charge in [-0.15, -0.1) is 11.3 Å². The van der Waals surface area contributed by atoms with E-state index in [1.807, 2.05) is 0 Å². The number of ether oxygens (including phenoxy) is 1. The fourth-order valence-electron chi connectivity index (χ4n) is 2.46. The molecule has 5 heteroatoms. The minimum atomic E-state index is 0.209. The van der Waals surface area contributed by atoms with E-state index < -0.39 is 0 Å². The van der Waals surface area contributed by atoms with Crippen molar-refractivity contribution in [2.75, 3.05) is 30.8 Å². The van der Waals surface area contributed by atoms with Crippen molar-refractivity contribution in [3.8, 4) is 5.75 Å². The van der Waals surface area contributed by atoms with Gasteiger partial charge in [0.05, 0.1) is 17.7 Å². The molecular formula is C13H18N2O2S. The second-order valence-electron chi connectivity index (χ2n) is 5.02. The van der Waals surface area contributed by atoms with E-state index in [4.69, 9.17) is 10.5 Å². The van der Waals surface area contributed by atoms with Gasteiger partial charge in [0.15, 0.2) is 11.5 Å². The average molecular weight is 266 g/mol. The second kappa shape index (κ2) is 4.46. The van der Waals surface area contributed by atoms with Gasteiger partial charge in [-0.3, -0.25) is 4.79 Å². The number of hydrogen-bond donors (Lipinski definition) is 1. The lowest BCUT2D eigenvalue weighted by Gasteiger charge is -2.16. The van der Waals surface area contributed by atoms with Gasteiger partial charge in [0.2, 0.25) is 0 Å². The zero-order valence-corrected chi connectivity index (χ0v) is 11.4. The molecule has 98 valence electrons. The maximum absolute atomic E-state index is 12.2. The molecule has 2 fully saturated rings. The highest BCUT2D eigenvalue weighted by atomic mass is 32.1. The molecule has 4 nitrogen and oxygen atoms in total. The van der Waals surface area contributed by atoms with Crippen molar-refractivity contribution in [3.63, 3.8) is 0 Å². The van der Waals surface area contributed by atoms with Crippen molar-refractivity contribution in [1.82, 2.24) is 0 Å². The Morgan fingerprint density at radius 1 is 1.39 bits per heavy atom. The van der Waals surface area contributed by atoms with Crippen LogP contribution in [0.3, 0.4) is 0 Å². The normalized spacial score (nSPS) is 19.3. The zero-order valence-electron chi connectivity index (χ0n) is 10.6. The van der Waals surface area contributed by atoms with Crippen LogP contribution in [0.4, 0.5) is 10.7 Å². The number of methoxy groups -OCH3 is 1. The predicted molar refractivity (Wildman–Crippen MR) is 73.8 cm³/mol. The first-order valence-corrected chi connectivity index (χ1v) is 7.29. The lowest BCUT2D eigenvalue weighted by Crippen LogP contribution is -2.16. The van der Waals surface area contributed by atoms with E-state index in [9.17, 15) is 4.79 Å². The maximum Gasteiger partial charge on any atom is 0.178 e. The molecule has 1 saturated heterocycles. The molecule has 0 aromatic carbocycles. The van der Waals surface area contributed by atoms with Crippen molar-refractivity contribution in [2.24, 2.45) is 5.92 Å². The molecule has 1 aromatic rings. The van der Waals surface area contributed by atoms with Gasteiger partial charge in [-0.05, 0) is 25.7 Å². The van der Waals surface area contributed by atoms with Crippen molar-refractivity contribution >= 4 is 27.8 Å². The van der Waals surface area contributed by atoms with E-state index >= 15 is 0 Å². The number of carbonyl (C=O) groups excluding carboxylic acids is 1. The Morgan fingerprint density at radius 3 is 2.61 bits per heavy atom. The van der Waals surface area contributed by atoms with Crippen molar-refractivity contribution in [3.05, 3.63) is 4.88 Å². The summed E-state index contributed by atoms with van der Waals surface area (Å²) in [6.07, 6.45) is 4.43. The third kappa shape index (κ3) is 1.86. The Hall–Kier alpha value is -1.23. The first-order valence-electron chi connectivity index (χ1n) is 6.47. The van der Waals surface area contributed by atoms with Crippen LogP contribution < -0.4 is 15.4 Å². The van der Waals surface area contributed by atoms with Gasteiger partial charge in [-0.2, -0.15) is 0 Å². The Labute approximate surface area is 111 Å². The highest BCUT2D eigenvalue weighted by Crippen LogP contribution is 2.48. The number of hydrogen-bond acceptors (Lipinski definition) is 5. The van der Waals surface area contributed by atoms with Crippen LogP contribution in [0.25, 0.3) is 0 Å². The molecule has 1 saturated carbocycles. The van der Waals surface area contributed by atoms with E-state index in [1.165, 1.54) is 24.2 Å². The number of nitrogen functional groups attached to an aromatic ring is 1.